The summed E-state index contributed by atoms with van der Waals surface area (Å²) in [5.74, 6) is -1.78. The molecule has 0 radical (unpaired) electrons. The number of carbonyl (C=O) groups is 2. The molecule has 1 amide bonds. The van der Waals surface area contributed by atoms with Crippen LogP contribution in [-0.2, 0) is 20.9 Å². The molecular weight excluding hydrogens is 308 g/mol. The van der Waals surface area contributed by atoms with Crippen molar-refractivity contribution in [1.82, 2.24) is 14.7 Å². The summed E-state index contributed by atoms with van der Waals surface area (Å²) >= 11 is 0. The van der Waals surface area contributed by atoms with Crippen molar-refractivity contribution in [1.29, 1.82) is 0 Å². The third kappa shape index (κ3) is 2.65. The highest BCUT2D eigenvalue weighted by atomic mass is 16.6. The van der Waals surface area contributed by atoms with Gasteiger partial charge in [0.05, 0.1) is 29.4 Å². The molecule has 0 bridgehead atoms. The summed E-state index contributed by atoms with van der Waals surface area (Å²) in [5, 5.41) is 23.9. The summed E-state index contributed by atoms with van der Waals surface area (Å²) in [6, 6.07) is 1.21. The van der Waals surface area contributed by atoms with Crippen molar-refractivity contribution in [2.24, 2.45) is 11.3 Å². The fourth-order valence-corrected chi connectivity index (χ4v) is 3.26. The second-order valence-corrected chi connectivity index (χ2v) is 5.89. The summed E-state index contributed by atoms with van der Waals surface area (Å²) in [7, 11) is 0. The second-order valence-electron chi connectivity index (χ2n) is 5.89. The van der Waals surface area contributed by atoms with Gasteiger partial charge in [-0.15, -0.1) is 0 Å². The van der Waals surface area contributed by atoms with Crippen LogP contribution in [0.5, 0.6) is 0 Å². The van der Waals surface area contributed by atoms with Crippen LogP contribution in [0.15, 0.2) is 12.3 Å². The van der Waals surface area contributed by atoms with E-state index >= 15 is 0 Å². The lowest BCUT2D eigenvalue weighted by atomic mass is 9.74. The SMILES string of the molecule is O=C(Cn1ccc([N+](=O)[O-])n1)N1C[C@H]2COCC[C@@]2(C(=O)O)C1. The van der Waals surface area contributed by atoms with Crippen LogP contribution in [0.3, 0.4) is 0 Å². The minimum atomic E-state index is -0.954. The molecule has 0 unspecified atom stereocenters. The fourth-order valence-electron chi connectivity index (χ4n) is 3.26. The maximum Gasteiger partial charge on any atom is 0.389 e. The normalized spacial score (nSPS) is 26.8. The number of likely N-dealkylation sites (tertiary alicyclic amines) is 1. The zero-order valence-corrected chi connectivity index (χ0v) is 12.3. The molecule has 0 aliphatic carbocycles. The van der Waals surface area contributed by atoms with Gasteiger partial charge in [-0.3, -0.25) is 9.59 Å². The van der Waals surface area contributed by atoms with Crippen LogP contribution < -0.4 is 0 Å². The molecule has 2 aliphatic heterocycles. The Kier molecular flexibility index (Phi) is 3.76. The molecule has 0 aromatic carbocycles. The number of fused-ring (bicyclic) bond motifs is 1. The molecule has 0 spiro atoms. The van der Waals surface area contributed by atoms with Crippen molar-refractivity contribution in [3.8, 4) is 0 Å². The van der Waals surface area contributed by atoms with Crippen LogP contribution in [-0.4, -0.2) is 62.9 Å². The van der Waals surface area contributed by atoms with Crippen molar-refractivity contribution in [3.63, 3.8) is 0 Å². The minimum Gasteiger partial charge on any atom is -0.481 e. The number of carbonyl (C=O) groups excluding carboxylic acids is 1. The van der Waals surface area contributed by atoms with E-state index in [0.29, 0.717) is 26.2 Å². The molecule has 1 aromatic heterocycles. The maximum atomic E-state index is 12.4. The molecule has 1 aromatic rings. The van der Waals surface area contributed by atoms with Crippen LogP contribution in [0.2, 0.25) is 0 Å². The van der Waals surface area contributed by atoms with Crippen LogP contribution in [0, 0.1) is 21.4 Å². The molecule has 10 heteroatoms. The van der Waals surface area contributed by atoms with E-state index in [1.807, 2.05) is 0 Å². The van der Waals surface area contributed by atoms with Gasteiger partial charge in [0.25, 0.3) is 0 Å². The Balaban J connectivity index is 1.71. The number of carboxylic acid groups (broad SMARTS) is 1. The second kappa shape index (κ2) is 5.61. The van der Waals surface area contributed by atoms with Gasteiger partial charge >= 0.3 is 11.8 Å². The first-order chi connectivity index (χ1) is 10.9. The molecule has 2 saturated heterocycles. The number of hydrogen-bond donors (Lipinski definition) is 1. The van der Waals surface area contributed by atoms with Gasteiger partial charge in [0.2, 0.25) is 5.91 Å². The highest BCUT2D eigenvalue weighted by molar-refractivity contribution is 5.81. The van der Waals surface area contributed by atoms with Crippen molar-refractivity contribution >= 4 is 17.7 Å². The summed E-state index contributed by atoms with van der Waals surface area (Å²) in [6.45, 7) is 0.990. The van der Waals surface area contributed by atoms with Gasteiger partial charge < -0.3 is 24.9 Å². The number of ether oxygens (including phenoxy) is 1. The molecule has 2 aliphatic rings. The van der Waals surface area contributed by atoms with Gasteiger partial charge in [0.1, 0.15) is 6.54 Å². The van der Waals surface area contributed by atoms with E-state index in [9.17, 15) is 24.8 Å². The monoisotopic (exact) mass is 324 g/mol. The topological polar surface area (TPSA) is 128 Å². The molecule has 2 atom stereocenters. The number of carboxylic acids is 1. The van der Waals surface area contributed by atoms with Gasteiger partial charge in [0.15, 0.2) is 0 Å². The Morgan fingerprint density at radius 1 is 1.57 bits per heavy atom. The summed E-state index contributed by atoms with van der Waals surface area (Å²) in [5.41, 5.74) is -0.954. The quantitative estimate of drug-likeness (QED) is 0.597. The average Bonchev–Trinajstić information content (AvgIpc) is 3.11. The molecule has 3 heterocycles. The van der Waals surface area contributed by atoms with E-state index in [1.165, 1.54) is 21.8 Å². The van der Waals surface area contributed by atoms with Crippen molar-refractivity contribution in [3.05, 3.63) is 22.4 Å². The lowest BCUT2D eigenvalue weighted by Crippen LogP contribution is -2.45. The molecule has 0 saturated carbocycles. The summed E-state index contributed by atoms with van der Waals surface area (Å²) < 4.78 is 6.53. The smallest absolute Gasteiger partial charge is 0.389 e. The van der Waals surface area contributed by atoms with E-state index in [2.05, 4.69) is 5.10 Å². The predicted molar refractivity (Wildman–Crippen MR) is 74.5 cm³/mol. The summed E-state index contributed by atoms with van der Waals surface area (Å²) in [6.07, 6.45) is 1.74. The van der Waals surface area contributed by atoms with Gasteiger partial charge in [-0.05, 0) is 11.3 Å². The zero-order chi connectivity index (χ0) is 16.6. The molecule has 1 N–H and O–H groups in total. The molecular formula is C13H16N4O6. The Bertz CT molecular complexity index is 659. The Labute approximate surface area is 130 Å². The van der Waals surface area contributed by atoms with Crippen LogP contribution >= 0.6 is 0 Å². The van der Waals surface area contributed by atoms with Crippen LogP contribution in [0.1, 0.15) is 6.42 Å². The van der Waals surface area contributed by atoms with Gasteiger partial charge in [-0.2, -0.15) is 4.68 Å². The summed E-state index contributed by atoms with van der Waals surface area (Å²) in [4.78, 5) is 35.5. The molecule has 2 fully saturated rings. The highest BCUT2D eigenvalue weighted by Gasteiger charge is 2.54. The van der Waals surface area contributed by atoms with Crippen LogP contribution in [0.25, 0.3) is 0 Å². The Morgan fingerprint density at radius 2 is 2.35 bits per heavy atom. The fraction of sp³-hybridized carbons (Fsp3) is 0.615. The number of nitro groups is 1. The average molecular weight is 324 g/mol. The lowest BCUT2D eigenvalue weighted by Gasteiger charge is -2.33. The third-order valence-electron chi connectivity index (χ3n) is 4.60. The Hall–Kier alpha value is -2.49. The van der Waals surface area contributed by atoms with E-state index < -0.39 is 16.3 Å². The standard InChI is InChI=1S/C13H16N4O6/c18-11(6-16-3-1-10(14-16)17(21)22)15-5-9-7-23-4-2-13(9,8-15)12(19)20/h1,3,9H,2,4-8H2,(H,19,20)/t9-,13+/m0/s1. The minimum absolute atomic E-state index is 0.137. The largest absolute Gasteiger partial charge is 0.481 e. The van der Waals surface area contributed by atoms with Crippen molar-refractivity contribution in [2.75, 3.05) is 26.3 Å². The zero-order valence-electron chi connectivity index (χ0n) is 12.3. The van der Waals surface area contributed by atoms with E-state index in [-0.39, 0.29) is 30.7 Å². The maximum absolute atomic E-state index is 12.4. The van der Waals surface area contributed by atoms with E-state index in [4.69, 9.17) is 4.74 Å². The molecule has 23 heavy (non-hydrogen) atoms. The first-order valence-corrected chi connectivity index (χ1v) is 7.19. The van der Waals surface area contributed by atoms with E-state index in [0.717, 1.165) is 0 Å². The number of aromatic nitrogens is 2. The number of hydrogen-bond acceptors (Lipinski definition) is 6. The first-order valence-electron chi connectivity index (χ1n) is 7.19. The molecule has 124 valence electrons. The first kappa shape index (κ1) is 15.4. The number of nitrogens with zero attached hydrogens (tertiary/aromatic N) is 4. The van der Waals surface area contributed by atoms with Gasteiger partial charge in [0, 0.05) is 25.6 Å². The number of aliphatic carboxylic acids is 1. The third-order valence-corrected chi connectivity index (χ3v) is 4.60. The van der Waals surface area contributed by atoms with Crippen molar-refractivity contribution in [2.45, 2.75) is 13.0 Å². The van der Waals surface area contributed by atoms with Crippen LogP contribution in [0.4, 0.5) is 5.82 Å². The molecule has 3 rings (SSSR count). The predicted octanol–water partition coefficient (Wildman–Crippen LogP) is -0.259. The van der Waals surface area contributed by atoms with Crippen molar-refractivity contribution < 1.29 is 24.4 Å². The van der Waals surface area contributed by atoms with Gasteiger partial charge in [-0.25, -0.2) is 0 Å². The van der Waals surface area contributed by atoms with E-state index in [1.54, 1.807) is 0 Å². The number of amides is 1. The Morgan fingerprint density at radius 3 is 2.96 bits per heavy atom. The highest BCUT2D eigenvalue weighted by Crippen LogP contribution is 2.42. The van der Waals surface area contributed by atoms with Gasteiger partial charge in [-0.1, -0.05) is 0 Å². The lowest BCUT2D eigenvalue weighted by molar-refractivity contribution is -0.389. The number of rotatable bonds is 4. The molecule has 10 nitrogen and oxygen atoms in total.